The van der Waals surface area contributed by atoms with E-state index in [-0.39, 0.29) is 35.0 Å². The van der Waals surface area contributed by atoms with Crippen LogP contribution in [0.3, 0.4) is 0 Å². The van der Waals surface area contributed by atoms with Crippen LogP contribution in [0.15, 0.2) is 52.4 Å². The fraction of sp³-hybridized carbons (Fsp3) is 0.308. The maximum absolute atomic E-state index is 12.9. The van der Waals surface area contributed by atoms with Crippen LogP contribution in [-0.2, 0) is 11.8 Å². The second-order valence-electron chi connectivity index (χ2n) is 9.14. The van der Waals surface area contributed by atoms with Crippen molar-refractivity contribution in [2.24, 2.45) is 7.05 Å². The monoisotopic (exact) mass is 518 g/mol. The normalized spacial score (nSPS) is 13.8. The minimum absolute atomic E-state index is 0.0431. The van der Waals surface area contributed by atoms with E-state index < -0.39 is 0 Å². The largest absolute Gasteiger partial charge is 0.349 e. The lowest BCUT2D eigenvalue weighted by atomic mass is 10.1. The second kappa shape index (κ2) is 10.2. The molecule has 0 radical (unpaired) electrons. The summed E-state index contributed by atoms with van der Waals surface area (Å²) in [7, 11) is 1.61. The summed E-state index contributed by atoms with van der Waals surface area (Å²) in [6, 6.07) is 11.8. The van der Waals surface area contributed by atoms with Gasteiger partial charge >= 0.3 is 0 Å². The molecule has 2 heterocycles. The number of aryl methyl sites for hydroxylation is 1. The SMILES string of the molecule is CC(=O)c1ccc(NC(=O)CSc2nnc3n(C)c(=O)c4ccc(C(=O)NC5CCCC5)cc4n23)cc1. The summed E-state index contributed by atoms with van der Waals surface area (Å²) in [4.78, 5) is 49.9. The molecule has 0 atom stereocenters. The molecule has 0 unspecified atom stereocenters. The molecule has 1 aliphatic rings. The number of Topliss-reactive ketones (excluding diaryl/α,β-unsaturated/α-hetero) is 1. The highest BCUT2D eigenvalue weighted by Crippen LogP contribution is 2.23. The van der Waals surface area contributed by atoms with Gasteiger partial charge in [0, 0.05) is 29.9 Å². The Morgan fingerprint density at radius 1 is 1.03 bits per heavy atom. The Morgan fingerprint density at radius 3 is 2.43 bits per heavy atom. The average Bonchev–Trinajstić information content (AvgIpc) is 3.56. The van der Waals surface area contributed by atoms with Crippen LogP contribution in [0.5, 0.6) is 0 Å². The van der Waals surface area contributed by atoms with Crippen molar-refractivity contribution in [3.05, 3.63) is 63.9 Å². The van der Waals surface area contributed by atoms with E-state index in [9.17, 15) is 19.2 Å². The molecule has 10 nitrogen and oxygen atoms in total. The topological polar surface area (TPSA) is 127 Å². The molecule has 0 saturated heterocycles. The Bertz CT molecular complexity index is 1580. The molecule has 5 rings (SSSR count). The zero-order chi connectivity index (χ0) is 26.1. The predicted octanol–water partition coefficient (Wildman–Crippen LogP) is 3.19. The van der Waals surface area contributed by atoms with Gasteiger partial charge in [0.25, 0.3) is 11.5 Å². The minimum Gasteiger partial charge on any atom is -0.349 e. The quantitative estimate of drug-likeness (QED) is 0.284. The highest BCUT2D eigenvalue weighted by atomic mass is 32.2. The van der Waals surface area contributed by atoms with E-state index in [1.807, 2.05) is 0 Å². The summed E-state index contributed by atoms with van der Waals surface area (Å²) in [6.07, 6.45) is 4.16. The van der Waals surface area contributed by atoms with Gasteiger partial charge in [-0.05, 0) is 62.2 Å². The zero-order valence-electron chi connectivity index (χ0n) is 20.5. The molecule has 2 aromatic heterocycles. The maximum Gasteiger partial charge on any atom is 0.262 e. The van der Waals surface area contributed by atoms with Crippen LogP contribution in [0.25, 0.3) is 16.7 Å². The van der Waals surface area contributed by atoms with Gasteiger partial charge in [0.05, 0.1) is 16.7 Å². The lowest BCUT2D eigenvalue weighted by Crippen LogP contribution is -2.32. The molecule has 1 saturated carbocycles. The number of thioether (sulfide) groups is 1. The first-order valence-electron chi connectivity index (χ1n) is 12.0. The highest BCUT2D eigenvalue weighted by Gasteiger charge is 2.21. The molecular weight excluding hydrogens is 492 g/mol. The average molecular weight is 519 g/mol. The van der Waals surface area contributed by atoms with E-state index in [0.717, 1.165) is 25.7 Å². The van der Waals surface area contributed by atoms with Gasteiger partial charge in [0.15, 0.2) is 10.9 Å². The molecule has 37 heavy (non-hydrogen) atoms. The first kappa shape index (κ1) is 24.7. The first-order valence-corrected chi connectivity index (χ1v) is 13.0. The smallest absolute Gasteiger partial charge is 0.262 e. The van der Waals surface area contributed by atoms with Crippen molar-refractivity contribution >= 4 is 51.7 Å². The van der Waals surface area contributed by atoms with Crippen LogP contribution in [0.2, 0.25) is 0 Å². The molecule has 2 N–H and O–H groups in total. The summed E-state index contributed by atoms with van der Waals surface area (Å²) in [5, 5.41) is 15.1. The van der Waals surface area contributed by atoms with Crippen molar-refractivity contribution in [1.29, 1.82) is 0 Å². The molecule has 1 fully saturated rings. The minimum atomic E-state index is -0.261. The Hall–Kier alpha value is -3.99. The molecule has 4 aromatic rings. The van der Waals surface area contributed by atoms with E-state index in [4.69, 9.17) is 0 Å². The number of amides is 2. The first-order chi connectivity index (χ1) is 17.8. The van der Waals surface area contributed by atoms with Crippen LogP contribution in [0.1, 0.15) is 53.3 Å². The fourth-order valence-corrected chi connectivity index (χ4v) is 5.29. The molecule has 0 aliphatic heterocycles. The molecule has 0 bridgehead atoms. The fourth-order valence-electron chi connectivity index (χ4n) is 4.55. The number of anilines is 1. The second-order valence-corrected chi connectivity index (χ2v) is 10.1. The predicted molar refractivity (Wildman–Crippen MR) is 141 cm³/mol. The van der Waals surface area contributed by atoms with Crippen molar-refractivity contribution in [2.75, 3.05) is 11.1 Å². The molecule has 11 heteroatoms. The number of nitrogens with zero attached hydrogens (tertiary/aromatic N) is 4. The number of benzene rings is 2. The van der Waals surface area contributed by atoms with Gasteiger partial charge in [-0.1, -0.05) is 24.6 Å². The van der Waals surface area contributed by atoms with Gasteiger partial charge in [0.1, 0.15) is 0 Å². The van der Waals surface area contributed by atoms with E-state index >= 15 is 0 Å². The molecular formula is C26H26N6O4S. The van der Waals surface area contributed by atoms with Crippen LogP contribution in [0, 0.1) is 0 Å². The Balaban J connectivity index is 1.41. The van der Waals surface area contributed by atoms with Crippen molar-refractivity contribution < 1.29 is 14.4 Å². The summed E-state index contributed by atoms with van der Waals surface area (Å²) >= 11 is 1.17. The van der Waals surface area contributed by atoms with E-state index in [1.54, 1.807) is 53.9 Å². The third kappa shape index (κ3) is 4.99. The number of carbonyl (C=O) groups is 3. The van der Waals surface area contributed by atoms with Crippen molar-refractivity contribution in [1.82, 2.24) is 24.5 Å². The molecule has 2 amide bonds. The van der Waals surface area contributed by atoms with Crippen LogP contribution >= 0.6 is 11.8 Å². The summed E-state index contributed by atoms with van der Waals surface area (Å²) in [5.41, 5.74) is 1.85. The van der Waals surface area contributed by atoms with Gasteiger partial charge in [-0.25, -0.2) is 0 Å². The van der Waals surface area contributed by atoms with Gasteiger partial charge in [-0.3, -0.25) is 28.1 Å². The lowest BCUT2D eigenvalue weighted by molar-refractivity contribution is -0.113. The summed E-state index contributed by atoms with van der Waals surface area (Å²) in [6.45, 7) is 1.48. The lowest BCUT2D eigenvalue weighted by Gasteiger charge is -2.13. The standard InChI is InChI=1S/C26H26N6O4S/c1-15(33)16-7-10-19(11-8-16)27-22(34)14-37-26-30-29-25-31(2)24(36)20-12-9-17(13-21(20)32(25)26)23(35)28-18-5-3-4-6-18/h7-13,18H,3-6,14H2,1-2H3,(H,27,34)(H,28,35). The Morgan fingerprint density at radius 2 is 1.73 bits per heavy atom. The van der Waals surface area contributed by atoms with Gasteiger partial charge in [-0.15, -0.1) is 10.2 Å². The van der Waals surface area contributed by atoms with Crippen molar-refractivity contribution in [2.45, 2.75) is 43.8 Å². The van der Waals surface area contributed by atoms with Gasteiger partial charge in [0.2, 0.25) is 11.7 Å². The third-order valence-corrected chi connectivity index (χ3v) is 7.48. The Labute approximate surface area is 216 Å². The number of ketones is 1. The number of rotatable bonds is 7. The zero-order valence-corrected chi connectivity index (χ0v) is 21.3. The van der Waals surface area contributed by atoms with Crippen LogP contribution in [-0.4, -0.2) is 48.6 Å². The number of nitrogens with one attached hydrogen (secondary N) is 2. The van der Waals surface area contributed by atoms with Crippen molar-refractivity contribution in [3.8, 4) is 0 Å². The van der Waals surface area contributed by atoms with Crippen molar-refractivity contribution in [3.63, 3.8) is 0 Å². The Kier molecular flexibility index (Phi) is 6.79. The van der Waals surface area contributed by atoms with E-state index in [1.165, 1.54) is 23.3 Å². The van der Waals surface area contributed by atoms with Gasteiger partial charge < -0.3 is 10.6 Å². The molecule has 2 aromatic carbocycles. The molecule has 190 valence electrons. The van der Waals surface area contributed by atoms with Gasteiger partial charge in [-0.2, -0.15) is 0 Å². The number of hydrogen-bond donors (Lipinski definition) is 2. The molecule has 0 spiro atoms. The molecule has 1 aliphatic carbocycles. The summed E-state index contributed by atoms with van der Waals surface area (Å²) in [5.74, 6) is -0.133. The third-order valence-electron chi connectivity index (χ3n) is 6.55. The van der Waals surface area contributed by atoms with Crippen LogP contribution in [0.4, 0.5) is 5.69 Å². The number of hydrogen-bond acceptors (Lipinski definition) is 7. The number of carbonyl (C=O) groups excluding carboxylic acids is 3. The number of fused-ring (bicyclic) bond motifs is 3. The highest BCUT2D eigenvalue weighted by molar-refractivity contribution is 7.99. The summed E-state index contributed by atoms with van der Waals surface area (Å²) < 4.78 is 3.09. The van der Waals surface area contributed by atoms with E-state index in [0.29, 0.717) is 38.7 Å². The maximum atomic E-state index is 12.9. The number of aromatic nitrogens is 4. The van der Waals surface area contributed by atoms with Crippen LogP contribution < -0.4 is 16.2 Å². The van der Waals surface area contributed by atoms with E-state index in [2.05, 4.69) is 20.8 Å².